The lowest BCUT2D eigenvalue weighted by molar-refractivity contribution is 0.474. The smallest absolute Gasteiger partial charge is 0.166 e. The van der Waals surface area contributed by atoms with Crippen molar-refractivity contribution in [2.24, 2.45) is 0 Å². The largest absolute Gasteiger partial charge is 0.508 e. The maximum atomic E-state index is 9.76. The van der Waals surface area contributed by atoms with Gasteiger partial charge in [-0.25, -0.2) is 0 Å². The molecular formula is C40H37O4S+. The second-order valence-corrected chi connectivity index (χ2v) is 13.0. The second kappa shape index (κ2) is 15.0. The molecule has 0 aliphatic carbocycles. The third-order valence-corrected chi connectivity index (χ3v) is 9.64. The van der Waals surface area contributed by atoms with Gasteiger partial charge >= 0.3 is 0 Å². The quantitative estimate of drug-likeness (QED) is 0.129. The van der Waals surface area contributed by atoms with Crippen molar-refractivity contribution in [3.05, 3.63) is 173 Å². The lowest BCUT2D eigenvalue weighted by atomic mass is 10.0. The Hall–Kier alpha value is -5.13. The van der Waals surface area contributed by atoms with Crippen molar-refractivity contribution in [3.63, 3.8) is 0 Å². The molecule has 0 saturated heterocycles. The van der Waals surface area contributed by atoms with Crippen LogP contribution < -0.4 is 0 Å². The normalized spacial score (nSPS) is 10.7. The summed E-state index contributed by atoms with van der Waals surface area (Å²) in [5, 5.41) is 37.7. The van der Waals surface area contributed by atoms with Crippen molar-refractivity contribution >= 4 is 10.9 Å². The summed E-state index contributed by atoms with van der Waals surface area (Å²) in [6.45, 7) is 1.99. The van der Waals surface area contributed by atoms with Crippen LogP contribution in [0.5, 0.6) is 23.0 Å². The van der Waals surface area contributed by atoms with E-state index in [1.807, 2.05) is 55.5 Å². The Morgan fingerprint density at radius 3 is 1.00 bits per heavy atom. The molecule has 0 saturated carbocycles. The van der Waals surface area contributed by atoms with E-state index >= 15 is 0 Å². The number of phenols is 4. The molecule has 0 spiro atoms. The van der Waals surface area contributed by atoms with Crippen molar-refractivity contribution < 1.29 is 20.4 Å². The molecule has 0 bridgehead atoms. The average molecular weight is 614 g/mol. The molecule has 6 aromatic rings. The predicted molar refractivity (Wildman–Crippen MR) is 182 cm³/mol. The zero-order chi connectivity index (χ0) is 31.6. The Labute approximate surface area is 267 Å². The highest BCUT2D eigenvalue weighted by molar-refractivity contribution is 7.97. The van der Waals surface area contributed by atoms with E-state index in [0.29, 0.717) is 11.5 Å². The third kappa shape index (κ3) is 9.18. The lowest BCUT2D eigenvalue weighted by Crippen LogP contribution is -2.04. The van der Waals surface area contributed by atoms with Crippen LogP contribution in [0.2, 0.25) is 0 Å². The van der Waals surface area contributed by atoms with Gasteiger partial charge in [-0.15, -0.1) is 0 Å². The van der Waals surface area contributed by atoms with Gasteiger partial charge in [-0.1, -0.05) is 66.2 Å². The first-order valence-corrected chi connectivity index (χ1v) is 16.1. The molecule has 5 heteroatoms. The van der Waals surface area contributed by atoms with Crippen molar-refractivity contribution in [2.75, 3.05) is 0 Å². The molecule has 0 unspecified atom stereocenters. The molecule has 4 N–H and O–H groups in total. The Balaban J connectivity index is 0.000000436. The number of hydrogen-bond donors (Lipinski definition) is 4. The number of benzene rings is 6. The molecule has 0 fully saturated rings. The van der Waals surface area contributed by atoms with Gasteiger partial charge in [-0.05, 0) is 133 Å². The molecule has 0 aromatic heterocycles. The number of hydrogen-bond acceptors (Lipinski definition) is 4. The molecule has 6 rings (SSSR count). The molecule has 0 atom stereocenters. The molecule has 0 radical (unpaired) electrons. The molecule has 0 aliphatic heterocycles. The fourth-order valence-corrected chi connectivity index (χ4v) is 6.91. The van der Waals surface area contributed by atoms with Crippen molar-refractivity contribution in [3.8, 4) is 23.0 Å². The molecular weight excluding hydrogens is 577 g/mol. The van der Waals surface area contributed by atoms with E-state index < -0.39 is 0 Å². The van der Waals surface area contributed by atoms with E-state index in [-0.39, 0.29) is 22.4 Å². The van der Waals surface area contributed by atoms with Crippen LogP contribution in [-0.4, -0.2) is 20.4 Å². The van der Waals surface area contributed by atoms with Gasteiger partial charge in [-0.2, -0.15) is 0 Å². The summed E-state index contributed by atoms with van der Waals surface area (Å²) in [5.74, 6) is 1.13. The first-order chi connectivity index (χ1) is 21.8. The van der Waals surface area contributed by atoms with Crippen LogP contribution in [-0.2, 0) is 30.2 Å². The van der Waals surface area contributed by atoms with Crippen LogP contribution in [0.25, 0.3) is 0 Å². The zero-order valence-electron chi connectivity index (χ0n) is 25.2. The Bertz CT molecular complexity index is 1700. The highest BCUT2D eigenvalue weighted by Gasteiger charge is 2.28. The topological polar surface area (TPSA) is 80.9 Å². The van der Waals surface area contributed by atoms with Crippen LogP contribution >= 0.6 is 0 Å². The van der Waals surface area contributed by atoms with E-state index in [1.165, 1.54) is 32.7 Å². The number of aryl methyl sites for hydroxylation is 3. The fourth-order valence-electron chi connectivity index (χ4n) is 4.87. The maximum Gasteiger partial charge on any atom is 0.166 e. The predicted octanol–water partition coefficient (Wildman–Crippen LogP) is 8.98. The highest BCUT2D eigenvalue weighted by atomic mass is 32.2. The van der Waals surface area contributed by atoms with E-state index in [4.69, 9.17) is 5.11 Å². The van der Waals surface area contributed by atoms with Crippen LogP contribution in [0.15, 0.2) is 160 Å². The summed E-state index contributed by atoms with van der Waals surface area (Å²) >= 11 is 0. The minimum absolute atomic E-state index is 0.250. The minimum atomic E-state index is -0.345. The molecule has 45 heavy (non-hydrogen) atoms. The minimum Gasteiger partial charge on any atom is -0.508 e. The van der Waals surface area contributed by atoms with Crippen molar-refractivity contribution in [2.45, 2.75) is 40.9 Å². The van der Waals surface area contributed by atoms with Crippen LogP contribution in [0.4, 0.5) is 0 Å². The monoisotopic (exact) mass is 613 g/mol. The molecule has 0 heterocycles. The number of phenolic OH excluding ortho intramolecular Hbond substituents is 4. The van der Waals surface area contributed by atoms with Gasteiger partial charge in [0.1, 0.15) is 23.0 Å². The summed E-state index contributed by atoms with van der Waals surface area (Å²) in [6.07, 6.45) is 2.78. The van der Waals surface area contributed by atoms with Gasteiger partial charge in [0.2, 0.25) is 0 Å². The van der Waals surface area contributed by atoms with Gasteiger partial charge in [-0.3, -0.25) is 0 Å². The lowest BCUT2D eigenvalue weighted by Gasteiger charge is -2.10. The number of rotatable bonds is 8. The van der Waals surface area contributed by atoms with Crippen LogP contribution in [0.3, 0.4) is 0 Å². The van der Waals surface area contributed by atoms with Gasteiger partial charge in [0.15, 0.2) is 14.7 Å². The molecule has 226 valence electrons. The zero-order valence-corrected chi connectivity index (χ0v) is 26.0. The summed E-state index contributed by atoms with van der Waals surface area (Å²) in [4.78, 5) is 3.41. The van der Waals surface area contributed by atoms with Crippen LogP contribution in [0.1, 0.15) is 27.8 Å². The van der Waals surface area contributed by atoms with Gasteiger partial charge < -0.3 is 20.4 Å². The highest BCUT2D eigenvalue weighted by Crippen LogP contribution is 2.33. The first-order valence-electron chi connectivity index (χ1n) is 14.8. The summed E-state index contributed by atoms with van der Waals surface area (Å²) < 4.78 is 0. The number of aromatic hydroxyl groups is 4. The second-order valence-electron chi connectivity index (χ2n) is 10.9. The average Bonchev–Trinajstić information content (AvgIpc) is 3.06. The molecule has 0 amide bonds. The maximum absolute atomic E-state index is 9.76. The summed E-state index contributed by atoms with van der Waals surface area (Å²) in [7, 11) is -0.345. The first kappa shape index (κ1) is 31.3. The van der Waals surface area contributed by atoms with Gasteiger partial charge in [0.25, 0.3) is 0 Å². The van der Waals surface area contributed by atoms with Crippen molar-refractivity contribution in [1.29, 1.82) is 0 Å². The summed E-state index contributed by atoms with van der Waals surface area (Å²) in [5.41, 5.74) is 6.22. The Kier molecular flexibility index (Phi) is 10.5. The molecule has 4 nitrogen and oxygen atoms in total. The summed E-state index contributed by atoms with van der Waals surface area (Å²) in [6, 6.07) is 46.8. The van der Waals surface area contributed by atoms with E-state index in [0.717, 1.165) is 29.1 Å². The Morgan fingerprint density at radius 1 is 0.356 bits per heavy atom. The van der Waals surface area contributed by atoms with E-state index in [2.05, 4.69) is 48.5 Å². The SMILES string of the molecule is Cc1ccc(O)cc1.Oc1ccc(CCc2ccc(Cc3ccc([S+](c4ccc(O)cc4)c4ccc(O)cc4)cc3)cc2)cc1. The van der Waals surface area contributed by atoms with Crippen LogP contribution in [0, 0.1) is 6.92 Å². The standard InChI is InChI=1S/C33H28O3S.C7H8O/c34-28-11-7-25(8-12-28)2-1-24-3-5-26(6-4-24)23-27-9-17-31(18-10-27)37(32-19-13-29(35)14-20-32)33-21-15-30(36)16-22-33;1-6-2-4-7(8)5-3-6/h3-22H,1-2,23H2,(H2-,34,35,36);2-5,8H,1H3/p+1. The third-order valence-electron chi connectivity index (χ3n) is 7.41. The van der Waals surface area contributed by atoms with Gasteiger partial charge in [0, 0.05) is 0 Å². The Morgan fingerprint density at radius 2 is 0.622 bits per heavy atom. The molecule has 6 aromatic carbocycles. The van der Waals surface area contributed by atoms with E-state index in [9.17, 15) is 15.3 Å². The molecule has 0 aliphatic rings. The van der Waals surface area contributed by atoms with Crippen molar-refractivity contribution in [1.82, 2.24) is 0 Å². The fraction of sp³-hybridized carbons (Fsp3) is 0.100. The van der Waals surface area contributed by atoms with E-state index in [1.54, 1.807) is 48.5 Å². The van der Waals surface area contributed by atoms with Gasteiger partial charge in [0.05, 0.1) is 10.9 Å².